The van der Waals surface area contributed by atoms with Gasteiger partial charge in [-0.25, -0.2) is 9.78 Å². The average Bonchev–Trinajstić information content (AvgIpc) is 2.69. The van der Waals surface area contributed by atoms with E-state index in [9.17, 15) is 18.4 Å². The molecule has 6 nitrogen and oxygen atoms in total. The number of benzene rings is 2. The highest BCUT2D eigenvalue weighted by molar-refractivity contribution is 6.50. The Kier molecular flexibility index (Phi) is 6.17. The van der Waals surface area contributed by atoms with Gasteiger partial charge in [0.25, 0.3) is 5.56 Å². The number of aryl methyl sites for hydroxylation is 2. The molecule has 0 unspecified atom stereocenters. The summed E-state index contributed by atoms with van der Waals surface area (Å²) in [7, 11) is 1.25. The number of aromatic amines is 1. The van der Waals surface area contributed by atoms with Crippen molar-refractivity contribution < 1.29 is 23.0 Å². The Labute approximate surface area is 175 Å². The summed E-state index contributed by atoms with van der Waals surface area (Å²) in [5, 5.41) is 0.412. The summed E-state index contributed by atoms with van der Waals surface area (Å²) < 4.78 is 34.3. The number of aromatic nitrogens is 2. The second-order valence-corrected chi connectivity index (χ2v) is 6.90. The van der Waals surface area contributed by atoms with Gasteiger partial charge < -0.3 is 14.5 Å². The summed E-state index contributed by atoms with van der Waals surface area (Å²) in [5.74, 6) is -0.357. The number of halogens is 3. The third-order valence-electron chi connectivity index (χ3n) is 4.34. The van der Waals surface area contributed by atoms with Crippen molar-refractivity contribution in [2.75, 3.05) is 7.11 Å². The van der Waals surface area contributed by atoms with Crippen molar-refractivity contribution in [2.24, 2.45) is 0 Å². The van der Waals surface area contributed by atoms with Gasteiger partial charge in [0.05, 0.1) is 28.6 Å². The van der Waals surface area contributed by atoms with Gasteiger partial charge in [-0.15, -0.1) is 0 Å². The lowest BCUT2D eigenvalue weighted by Gasteiger charge is -2.12. The van der Waals surface area contributed by atoms with Crippen LogP contribution in [0.2, 0.25) is 0 Å². The zero-order chi connectivity index (χ0) is 22.0. The van der Waals surface area contributed by atoms with Gasteiger partial charge in [-0.05, 0) is 66.9 Å². The number of hydrogen-bond donors (Lipinski definition) is 1. The molecule has 0 saturated heterocycles. The van der Waals surface area contributed by atoms with Crippen LogP contribution < -0.4 is 10.3 Å². The van der Waals surface area contributed by atoms with Crippen molar-refractivity contribution in [1.29, 1.82) is 0 Å². The van der Waals surface area contributed by atoms with E-state index in [4.69, 9.17) is 11.6 Å². The highest BCUT2D eigenvalue weighted by Crippen LogP contribution is 2.29. The molecular formula is C21H17ClF2N2O4. The molecule has 3 aromatic rings. The van der Waals surface area contributed by atoms with E-state index in [0.717, 1.165) is 0 Å². The first-order valence-corrected chi connectivity index (χ1v) is 9.13. The Morgan fingerprint density at radius 3 is 2.47 bits per heavy atom. The number of H-pyrrole nitrogens is 1. The molecule has 1 N–H and O–H groups in total. The van der Waals surface area contributed by atoms with E-state index in [1.54, 1.807) is 32.1 Å². The summed E-state index contributed by atoms with van der Waals surface area (Å²) in [4.78, 5) is 31.0. The maximum atomic E-state index is 12.6. The van der Waals surface area contributed by atoms with Gasteiger partial charge in [0, 0.05) is 0 Å². The van der Waals surface area contributed by atoms with Crippen molar-refractivity contribution >= 4 is 39.6 Å². The zero-order valence-electron chi connectivity index (χ0n) is 16.3. The third-order valence-corrected chi connectivity index (χ3v) is 4.62. The molecule has 0 aliphatic carbocycles. The molecule has 30 heavy (non-hydrogen) atoms. The highest BCUT2D eigenvalue weighted by atomic mass is 35.5. The summed E-state index contributed by atoms with van der Waals surface area (Å²) in [6.45, 7) is 0.357. The molecule has 0 fully saturated rings. The Balaban J connectivity index is 2.03. The number of rotatable bonds is 5. The molecule has 0 bridgehead atoms. The van der Waals surface area contributed by atoms with Crippen LogP contribution in [0, 0.1) is 13.8 Å². The molecule has 1 heterocycles. The number of alkyl halides is 2. The van der Waals surface area contributed by atoms with Crippen LogP contribution in [0.1, 0.15) is 32.9 Å². The Morgan fingerprint density at radius 2 is 1.87 bits per heavy atom. The first-order chi connectivity index (χ1) is 14.2. The average molecular weight is 435 g/mol. The van der Waals surface area contributed by atoms with Crippen LogP contribution in [0.3, 0.4) is 0 Å². The third kappa shape index (κ3) is 4.49. The molecular weight excluding hydrogens is 418 g/mol. The number of hydrogen-bond acceptors (Lipinski definition) is 5. The normalized spacial score (nSPS) is 11.8. The van der Waals surface area contributed by atoms with Crippen LogP contribution in [0.15, 0.2) is 35.1 Å². The summed E-state index contributed by atoms with van der Waals surface area (Å²) in [6.07, 6.45) is 1.54. The molecule has 0 aliphatic heterocycles. The molecule has 156 valence electrons. The number of methoxy groups -OCH3 is 1. The molecule has 1 aromatic heterocycles. The van der Waals surface area contributed by atoms with Gasteiger partial charge in [-0.3, -0.25) is 4.79 Å². The number of esters is 1. The van der Waals surface area contributed by atoms with Crippen LogP contribution >= 0.6 is 11.6 Å². The molecule has 0 spiro atoms. The van der Waals surface area contributed by atoms with Crippen molar-refractivity contribution in [3.8, 4) is 5.75 Å². The molecule has 9 heteroatoms. The maximum absolute atomic E-state index is 12.6. The monoisotopic (exact) mass is 434 g/mol. The van der Waals surface area contributed by atoms with E-state index in [0.29, 0.717) is 16.7 Å². The lowest BCUT2D eigenvalue weighted by Crippen LogP contribution is -2.11. The van der Waals surface area contributed by atoms with E-state index in [-0.39, 0.29) is 33.1 Å². The van der Waals surface area contributed by atoms with Gasteiger partial charge in [0.15, 0.2) is 5.82 Å². The topological polar surface area (TPSA) is 81.3 Å². The zero-order valence-corrected chi connectivity index (χ0v) is 17.0. The minimum Gasteiger partial charge on any atom is -0.465 e. The Morgan fingerprint density at radius 1 is 1.20 bits per heavy atom. The van der Waals surface area contributed by atoms with Gasteiger partial charge in [0.2, 0.25) is 0 Å². The molecule has 0 atom stereocenters. The first kappa shape index (κ1) is 21.4. The number of nitrogens with one attached hydrogen (secondary N) is 1. The number of carbonyl (C=O) groups is 1. The van der Waals surface area contributed by atoms with Gasteiger partial charge in [-0.2, -0.15) is 8.78 Å². The van der Waals surface area contributed by atoms with Crippen LogP contribution in [0.4, 0.5) is 8.78 Å². The number of ether oxygens (including phenoxy) is 2. The van der Waals surface area contributed by atoms with Crippen LogP contribution in [-0.4, -0.2) is 29.7 Å². The fourth-order valence-electron chi connectivity index (χ4n) is 3.05. The molecule has 0 saturated carbocycles. The van der Waals surface area contributed by atoms with Crippen molar-refractivity contribution in [3.63, 3.8) is 0 Å². The second kappa shape index (κ2) is 8.62. The molecule has 2 aromatic carbocycles. The molecule has 0 aliphatic rings. The van der Waals surface area contributed by atoms with E-state index in [1.807, 2.05) is 0 Å². The maximum Gasteiger partial charge on any atom is 0.387 e. The summed E-state index contributed by atoms with van der Waals surface area (Å²) >= 11 is 6.36. The predicted octanol–water partition coefficient (Wildman–Crippen LogP) is 4.66. The standard InChI is InChI=1S/C21H17ClF2N2O4/c1-10-6-12(7-11(2)17(10)30-21(23)24)8-15(22)18-25-16-9-13(20(28)29-3)4-5-14(16)19(27)26-18/h4-9,21H,1-3H3,(H,25,26,27)/b15-8+. The number of nitrogens with zero attached hydrogens (tertiary/aromatic N) is 1. The Bertz CT molecular complexity index is 1200. The fraction of sp³-hybridized carbons (Fsp3) is 0.190. The summed E-state index contributed by atoms with van der Waals surface area (Å²) in [5.41, 5.74) is 1.72. The quantitative estimate of drug-likeness (QED) is 0.590. The van der Waals surface area contributed by atoms with Crippen molar-refractivity contribution in [1.82, 2.24) is 9.97 Å². The van der Waals surface area contributed by atoms with Crippen LogP contribution in [0.25, 0.3) is 22.0 Å². The minimum atomic E-state index is -2.92. The van der Waals surface area contributed by atoms with Gasteiger partial charge in [-0.1, -0.05) is 11.6 Å². The molecule has 3 rings (SSSR count). The first-order valence-electron chi connectivity index (χ1n) is 8.75. The number of fused-ring (bicyclic) bond motifs is 1. The second-order valence-electron chi connectivity index (χ2n) is 6.49. The van der Waals surface area contributed by atoms with E-state index < -0.39 is 18.1 Å². The Hall–Kier alpha value is -3.26. The van der Waals surface area contributed by atoms with Crippen LogP contribution in [-0.2, 0) is 4.74 Å². The van der Waals surface area contributed by atoms with E-state index >= 15 is 0 Å². The molecule has 0 radical (unpaired) electrons. The highest BCUT2D eigenvalue weighted by Gasteiger charge is 2.13. The lowest BCUT2D eigenvalue weighted by atomic mass is 10.1. The SMILES string of the molecule is COC(=O)c1ccc2c(=O)[nH]c(/C(Cl)=C\c3cc(C)c(OC(F)F)c(C)c3)nc2c1. The van der Waals surface area contributed by atoms with E-state index in [2.05, 4.69) is 19.4 Å². The minimum absolute atomic E-state index is 0.0967. The lowest BCUT2D eigenvalue weighted by molar-refractivity contribution is -0.0507. The van der Waals surface area contributed by atoms with Gasteiger partial charge >= 0.3 is 12.6 Å². The fourth-order valence-corrected chi connectivity index (χ4v) is 3.27. The summed E-state index contributed by atoms with van der Waals surface area (Å²) in [6, 6.07) is 7.64. The van der Waals surface area contributed by atoms with Crippen molar-refractivity contribution in [3.05, 3.63) is 68.8 Å². The van der Waals surface area contributed by atoms with Gasteiger partial charge in [0.1, 0.15) is 5.75 Å². The van der Waals surface area contributed by atoms with E-state index in [1.165, 1.54) is 25.3 Å². The predicted molar refractivity (Wildman–Crippen MR) is 110 cm³/mol. The largest absolute Gasteiger partial charge is 0.465 e. The molecule has 0 amide bonds. The van der Waals surface area contributed by atoms with Crippen molar-refractivity contribution in [2.45, 2.75) is 20.5 Å². The number of carbonyl (C=O) groups excluding carboxylic acids is 1. The van der Waals surface area contributed by atoms with Crippen LogP contribution in [0.5, 0.6) is 5.75 Å². The smallest absolute Gasteiger partial charge is 0.387 e.